The van der Waals surface area contributed by atoms with Crippen molar-refractivity contribution in [1.82, 2.24) is 0 Å². The van der Waals surface area contributed by atoms with Gasteiger partial charge in [-0.25, -0.2) is 0 Å². The van der Waals surface area contributed by atoms with Gasteiger partial charge in [-0.05, 0) is 18.4 Å². The third kappa shape index (κ3) is 4.52. The molecule has 0 saturated carbocycles. The molecule has 0 spiro atoms. The first-order valence-corrected chi connectivity index (χ1v) is 7.23. The van der Waals surface area contributed by atoms with Gasteiger partial charge in [0.2, 0.25) is 0 Å². The van der Waals surface area contributed by atoms with Gasteiger partial charge in [-0.1, -0.05) is 28.1 Å². The summed E-state index contributed by atoms with van der Waals surface area (Å²) in [5.41, 5.74) is 0.556. The Kier molecular flexibility index (Phi) is 5.71. The molecular formula is C12H13BrO3S. The lowest BCUT2D eigenvalue weighted by Crippen LogP contribution is -2.20. The zero-order valence-corrected chi connectivity index (χ0v) is 11.8. The summed E-state index contributed by atoms with van der Waals surface area (Å²) in [5, 5.41) is 8.97. The molecule has 1 rings (SSSR count). The smallest absolute Gasteiger partial charge is 0.307 e. The minimum absolute atomic E-state index is 0.0534. The monoisotopic (exact) mass is 316 g/mol. The van der Waals surface area contributed by atoms with Crippen LogP contribution in [0.1, 0.15) is 16.8 Å². The van der Waals surface area contributed by atoms with Gasteiger partial charge in [0.25, 0.3) is 0 Å². The molecule has 92 valence electrons. The number of carboxylic acid groups (broad SMARTS) is 1. The third-order valence-corrected chi connectivity index (χ3v) is 3.58. The second kappa shape index (κ2) is 6.81. The van der Waals surface area contributed by atoms with E-state index in [1.807, 2.05) is 6.26 Å². The summed E-state index contributed by atoms with van der Waals surface area (Å²) in [6.45, 7) is 0. The molecule has 0 heterocycles. The van der Waals surface area contributed by atoms with Crippen molar-refractivity contribution < 1.29 is 14.7 Å². The highest BCUT2D eigenvalue weighted by molar-refractivity contribution is 9.10. The zero-order chi connectivity index (χ0) is 12.8. The number of hydrogen-bond donors (Lipinski definition) is 1. The van der Waals surface area contributed by atoms with Gasteiger partial charge in [-0.3, -0.25) is 9.59 Å². The van der Waals surface area contributed by atoms with E-state index >= 15 is 0 Å². The third-order valence-electron chi connectivity index (χ3n) is 2.32. The number of thioether (sulfide) groups is 1. The molecule has 0 amide bonds. The molecule has 1 aromatic carbocycles. The number of rotatable bonds is 6. The molecule has 0 aliphatic carbocycles. The zero-order valence-electron chi connectivity index (χ0n) is 9.35. The number of aliphatic carboxylic acids is 1. The largest absolute Gasteiger partial charge is 0.481 e. The number of hydrogen-bond acceptors (Lipinski definition) is 3. The summed E-state index contributed by atoms with van der Waals surface area (Å²) in [7, 11) is 0. The Hall–Kier alpha value is -0.810. The number of carboxylic acids is 1. The first kappa shape index (κ1) is 14.3. The highest BCUT2D eigenvalue weighted by atomic mass is 79.9. The number of halogens is 1. The van der Waals surface area contributed by atoms with Crippen LogP contribution >= 0.6 is 27.7 Å². The van der Waals surface area contributed by atoms with E-state index in [0.717, 1.165) is 4.47 Å². The Bertz CT molecular complexity index is 403. The van der Waals surface area contributed by atoms with Crippen LogP contribution in [0.3, 0.4) is 0 Å². The lowest BCUT2D eigenvalue weighted by molar-refractivity contribution is -0.140. The summed E-state index contributed by atoms with van der Waals surface area (Å²) in [4.78, 5) is 22.8. The van der Waals surface area contributed by atoms with E-state index in [4.69, 9.17) is 5.11 Å². The summed E-state index contributed by atoms with van der Waals surface area (Å²) in [5.74, 6) is -1.19. The van der Waals surface area contributed by atoms with Crippen molar-refractivity contribution in [1.29, 1.82) is 0 Å². The Labute approximate surface area is 113 Å². The lowest BCUT2D eigenvalue weighted by atomic mass is 10.00. The first-order chi connectivity index (χ1) is 8.04. The van der Waals surface area contributed by atoms with Crippen molar-refractivity contribution in [3.05, 3.63) is 34.3 Å². The summed E-state index contributed by atoms with van der Waals surface area (Å²) >= 11 is 4.72. The first-order valence-electron chi connectivity index (χ1n) is 5.05. The number of Topliss-reactive ketones (excluding diaryl/α,β-unsaturated/α-hetero) is 1. The Morgan fingerprint density at radius 3 is 2.41 bits per heavy atom. The molecule has 0 radical (unpaired) electrons. The Morgan fingerprint density at radius 1 is 1.35 bits per heavy atom. The average Bonchev–Trinajstić information content (AvgIpc) is 2.29. The van der Waals surface area contributed by atoms with Crippen molar-refractivity contribution in [2.75, 3.05) is 12.0 Å². The Morgan fingerprint density at radius 2 is 1.94 bits per heavy atom. The van der Waals surface area contributed by atoms with Crippen LogP contribution in [0.15, 0.2) is 28.7 Å². The highest BCUT2D eigenvalue weighted by Gasteiger charge is 2.21. The molecule has 3 nitrogen and oxygen atoms in total. The van der Waals surface area contributed by atoms with Crippen molar-refractivity contribution in [2.45, 2.75) is 6.42 Å². The van der Waals surface area contributed by atoms with E-state index in [2.05, 4.69) is 15.9 Å². The van der Waals surface area contributed by atoms with E-state index < -0.39 is 11.9 Å². The van der Waals surface area contributed by atoms with Crippen molar-refractivity contribution in [3.8, 4) is 0 Å². The fourth-order valence-electron chi connectivity index (χ4n) is 1.40. The van der Waals surface area contributed by atoms with Gasteiger partial charge in [0.1, 0.15) is 0 Å². The Balaban J connectivity index is 2.70. The van der Waals surface area contributed by atoms with Gasteiger partial charge in [0.05, 0.1) is 5.92 Å². The number of benzene rings is 1. The van der Waals surface area contributed by atoms with E-state index in [0.29, 0.717) is 11.3 Å². The number of ketones is 1. The average molecular weight is 317 g/mol. The minimum Gasteiger partial charge on any atom is -0.481 e. The molecule has 5 heteroatoms. The van der Waals surface area contributed by atoms with E-state index in [1.54, 1.807) is 24.3 Å². The van der Waals surface area contributed by atoms with Gasteiger partial charge in [0.15, 0.2) is 5.78 Å². The summed E-state index contributed by atoms with van der Waals surface area (Å²) in [6, 6.07) is 6.95. The van der Waals surface area contributed by atoms with Gasteiger partial charge >= 0.3 is 5.97 Å². The van der Waals surface area contributed by atoms with Gasteiger partial charge in [-0.15, -0.1) is 0 Å². The van der Waals surface area contributed by atoms with Crippen LogP contribution in [-0.4, -0.2) is 28.9 Å². The maximum atomic E-state index is 11.9. The van der Waals surface area contributed by atoms with Crippen LogP contribution in [0.4, 0.5) is 0 Å². The maximum Gasteiger partial charge on any atom is 0.307 e. The predicted octanol–water partition coefficient (Wildman–Crippen LogP) is 3.09. The van der Waals surface area contributed by atoms with E-state index in [1.165, 1.54) is 11.8 Å². The van der Waals surface area contributed by atoms with E-state index in [-0.39, 0.29) is 12.2 Å². The van der Waals surface area contributed by atoms with Crippen molar-refractivity contribution >= 4 is 39.4 Å². The van der Waals surface area contributed by atoms with Crippen LogP contribution in [0.25, 0.3) is 0 Å². The standard InChI is InChI=1S/C12H13BrO3S/c1-17-7-9(12(15)16)6-11(14)8-2-4-10(13)5-3-8/h2-5,9H,6-7H2,1H3,(H,15,16). The van der Waals surface area contributed by atoms with Gasteiger partial charge < -0.3 is 5.11 Å². The number of carbonyl (C=O) groups is 2. The molecule has 0 aromatic heterocycles. The molecule has 0 fully saturated rings. The van der Waals surface area contributed by atoms with Crippen molar-refractivity contribution in [2.24, 2.45) is 5.92 Å². The second-order valence-electron chi connectivity index (χ2n) is 3.62. The van der Waals surface area contributed by atoms with Crippen LogP contribution in [0, 0.1) is 5.92 Å². The van der Waals surface area contributed by atoms with Crippen LogP contribution < -0.4 is 0 Å². The maximum absolute atomic E-state index is 11.9. The molecule has 0 aliphatic rings. The van der Waals surface area contributed by atoms with Crippen LogP contribution in [0.5, 0.6) is 0 Å². The lowest BCUT2D eigenvalue weighted by Gasteiger charge is -2.09. The molecular weight excluding hydrogens is 304 g/mol. The molecule has 1 atom stereocenters. The molecule has 0 bridgehead atoms. The topological polar surface area (TPSA) is 54.4 Å². The summed E-state index contributed by atoms with van der Waals surface area (Å²) < 4.78 is 0.896. The fraction of sp³-hybridized carbons (Fsp3) is 0.333. The van der Waals surface area contributed by atoms with Crippen LogP contribution in [-0.2, 0) is 4.79 Å². The quantitative estimate of drug-likeness (QED) is 0.819. The van der Waals surface area contributed by atoms with Gasteiger partial charge in [-0.2, -0.15) is 11.8 Å². The SMILES string of the molecule is CSCC(CC(=O)c1ccc(Br)cc1)C(=O)O. The van der Waals surface area contributed by atoms with E-state index in [9.17, 15) is 9.59 Å². The molecule has 0 saturated heterocycles. The van der Waals surface area contributed by atoms with Crippen molar-refractivity contribution in [3.63, 3.8) is 0 Å². The normalized spacial score (nSPS) is 12.1. The number of carbonyl (C=O) groups excluding carboxylic acids is 1. The highest BCUT2D eigenvalue weighted by Crippen LogP contribution is 2.16. The molecule has 1 N–H and O–H groups in total. The predicted molar refractivity (Wildman–Crippen MR) is 72.6 cm³/mol. The molecule has 0 aliphatic heterocycles. The van der Waals surface area contributed by atoms with Gasteiger partial charge in [0, 0.05) is 22.2 Å². The molecule has 1 aromatic rings. The summed E-state index contributed by atoms with van der Waals surface area (Å²) in [6.07, 6.45) is 1.89. The fourth-order valence-corrected chi connectivity index (χ4v) is 2.32. The molecule has 1 unspecified atom stereocenters. The minimum atomic E-state index is -0.912. The van der Waals surface area contributed by atoms with Crippen LogP contribution in [0.2, 0.25) is 0 Å². The molecule has 17 heavy (non-hydrogen) atoms. The second-order valence-corrected chi connectivity index (χ2v) is 5.45.